The number of carbonyl (C=O) groups is 1. The third-order valence-electron chi connectivity index (χ3n) is 2.66. The number of aromatic nitrogens is 3. The molecule has 0 radical (unpaired) electrons. The first kappa shape index (κ1) is 12.3. The highest BCUT2D eigenvalue weighted by molar-refractivity contribution is 5.92. The van der Waals surface area contributed by atoms with E-state index in [1.165, 1.54) is 15.3 Å². The van der Waals surface area contributed by atoms with Crippen LogP contribution < -0.4 is 0 Å². The molecule has 0 aliphatic carbocycles. The molecule has 0 aliphatic rings. The first-order chi connectivity index (χ1) is 8.49. The summed E-state index contributed by atoms with van der Waals surface area (Å²) in [7, 11) is 3.40. The summed E-state index contributed by atoms with van der Waals surface area (Å²) in [5, 5.41) is 8.52. The van der Waals surface area contributed by atoms with Crippen LogP contribution in [-0.2, 0) is 0 Å². The van der Waals surface area contributed by atoms with Crippen LogP contribution in [-0.4, -0.2) is 39.9 Å². The van der Waals surface area contributed by atoms with E-state index in [4.69, 9.17) is 0 Å². The van der Waals surface area contributed by atoms with Gasteiger partial charge in [-0.25, -0.2) is 0 Å². The van der Waals surface area contributed by atoms with Crippen LogP contribution in [0.3, 0.4) is 0 Å². The summed E-state index contributed by atoms with van der Waals surface area (Å²) in [5.41, 5.74) is 3.04. The Balaban J connectivity index is 2.40. The summed E-state index contributed by atoms with van der Waals surface area (Å²) in [5.74, 6) is -0.133. The van der Waals surface area contributed by atoms with Crippen molar-refractivity contribution in [3.63, 3.8) is 0 Å². The predicted octanol–water partition coefficient (Wildman–Crippen LogP) is 1.59. The number of amides is 1. The van der Waals surface area contributed by atoms with Crippen molar-refractivity contribution in [1.82, 2.24) is 19.9 Å². The summed E-state index contributed by atoms with van der Waals surface area (Å²) in [6.45, 7) is 3.81. The molecule has 0 saturated heterocycles. The predicted molar refractivity (Wildman–Crippen MR) is 68.9 cm³/mol. The zero-order chi connectivity index (χ0) is 13.3. The van der Waals surface area contributed by atoms with E-state index < -0.39 is 0 Å². The highest BCUT2D eigenvalue weighted by Gasteiger charge is 2.17. The maximum Gasteiger partial charge on any atom is 0.275 e. The number of benzene rings is 1. The van der Waals surface area contributed by atoms with Crippen LogP contribution in [0.15, 0.2) is 24.3 Å². The number of rotatable bonds is 2. The summed E-state index contributed by atoms with van der Waals surface area (Å²) in [6.07, 6.45) is 0. The standard InChI is InChI=1S/C13H16N4O/c1-9-5-7-11(8-6-9)17-14-10(2)12(15-17)13(18)16(3)4/h5-8H,1-4H3. The molecule has 1 aromatic heterocycles. The molecular formula is C13H16N4O. The SMILES string of the molecule is Cc1ccc(-n2nc(C)c(C(=O)N(C)C)n2)cc1. The van der Waals surface area contributed by atoms with Gasteiger partial charge in [0, 0.05) is 14.1 Å². The molecule has 5 heteroatoms. The molecule has 1 aromatic carbocycles. The molecule has 5 nitrogen and oxygen atoms in total. The van der Waals surface area contributed by atoms with Gasteiger partial charge in [-0.15, -0.1) is 5.10 Å². The van der Waals surface area contributed by atoms with Gasteiger partial charge in [0.25, 0.3) is 5.91 Å². The van der Waals surface area contributed by atoms with Crippen molar-refractivity contribution in [2.24, 2.45) is 0 Å². The number of nitrogens with zero attached hydrogens (tertiary/aromatic N) is 4. The minimum atomic E-state index is -0.133. The summed E-state index contributed by atoms with van der Waals surface area (Å²) < 4.78 is 0. The van der Waals surface area contributed by atoms with E-state index in [2.05, 4.69) is 10.2 Å². The van der Waals surface area contributed by atoms with E-state index in [1.54, 1.807) is 21.0 Å². The molecule has 1 amide bonds. The van der Waals surface area contributed by atoms with Gasteiger partial charge >= 0.3 is 0 Å². The normalized spacial score (nSPS) is 10.4. The Bertz CT molecular complexity index is 569. The van der Waals surface area contributed by atoms with Gasteiger partial charge in [-0.3, -0.25) is 4.79 Å². The van der Waals surface area contributed by atoms with Gasteiger partial charge in [0.2, 0.25) is 0 Å². The van der Waals surface area contributed by atoms with Gasteiger partial charge in [0.15, 0.2) is 5.69 Å². The van der Waals surface area contributed by atoms with Gasteiger partial charge in [-0.2, -0.15) is 9.90 Å². The lowest BCUT2D eigenvalue weighted by molar-refractivity contribution is 0.0821. The molecule has 0 atom stereocenters. The van der Waals surface area contributed by atoms with Crippen molar-refractivity contribution < 1.29 is 4.79 Å². The second-order valence-electron chi connectivity index (χ2n) is 4.46. The Kier molecular flexibility index (Phi) is 3.14. The van der Waals surface area contributed by atoms with Gasteiger partial charge in [-0.1, -0.05) is 17.7 Å². The second-order valence-corrected chi connectivity index (χ2v) is 4.46. The van der Waals surface area contributed by atoms with Crippen molar-refractivity contribution in [2.45, 2.75) is 13.8 Å². The van der Waals surface area contributed by atoms with Crippen LogP contribution in [0, 0.1) is 13.8 Å². The fourth-order valence-electron chi connectivity index (χ4n) is 1.58. The Morgan fingerprint density at radius 3 is 2.28 bits per heavy atom. The molecule has 18 heavy (non-hydrogen) atoms. The highest BCUT2D eigenvalue weighted by Crippen LogP contribution is 2.10. The molecular weight excluding hydrogens is 228 g/mol. The lowest BCUT2D eigenvalue weighted by Crippen LogP contribution is -2.23. The van der Waals surface area contributed by atoms with Crippen LogP contribution in [0.4, 0.5) is 0 Å². The average Bonchev–Trinajstić information content (AvgIpc) is 2.71. The third-order valence-corrected chi connectivity index (χ3v) is 2.66. The second kappa shape index (κ2) is 4.60. The monoisotopic (exact) mass is 244 g/mol. The van der Waals surface area contributed by atoms with Gasteiger partial charge in [0.05, 0.1) is 11.4 Å². The Labute approximate surface area is 106 Å². The van der Waals surface area contributed by atoms with Crippen molar-refractivity contribution in [1.29, 1.82) is 0 Å². The third kappa shape index (κ3) is 2.25. The Hall–Kier alpha value is -2.17. The lowest BCUT2D eigenvalue weighted by Gasteiger charge is -2.07. The number of hydrogen-bond acceptors (Lipinski definition) is 3. The van der Waals surface area contributed by atoms with E-state index in [0.717, 1.165) is 5.69 Å². The Morgan fingerprint density at radius 2 is 1.72 bits per heavy atom. The van der Waals surface area contributed by atoms with Gasteiger partial charge in [-0.05, 0) is 26.0 Å². The van der Waals surface area contributed by atoms with E-state index in [9.17, 15) is 4.79 Å². The summed E-state index contributed by atoms with van der Waals surface area (Å²) >= 11 is 0. The Morgan fingerprint density at radius 1 is 1.11 bits per heavy atom. The number of aryl methyl sites for hydroxylation is 2. The first-order valence-corrected chi connectivity index (χ1v) is 5.71. The van der Waals surface area contributed by atoms with Crippen molar-refractivity contribution in [3.05, 3.63) is 41.2 Å². The zero-order valence-electron chi connectivity index (χ0n) is 11.0. The fourth-order valence-corrected chi connectivity index (χ4v) is 1.58. The van der Waals surface area contributed by atoms with Crippen LogP contribution in [0.5, 0.6) is 0 Å². The van der Waals surface area contributed by atoms with Crippen molar-refractivity contribution >= 4 is 5.91 Å². The molecule has 0 bridgehead atoms. The smallest absolute Gasteiger partial charge is 0.275 e. The molecule has 0 aliphatic heterocycles. The molecule has 2 rings (SSSR count). The molecule has 0 N–H and O–H groups in total. The minimum Gasteiger partial charge on any atom is -0.343 e. The van der Waals surface area contributed by atoms with Crippen LogP contribution in [0.2, 0.25) is 0 Å². The molecule has 0 spiro atoms. The van der Waals surface area contributed by atoms with E-state index in [0.29, 0.717) is 11.4 Å². The van der Waals surface area contributed by atoms with Crippen molar-refractivity contribution in [3.8, 4) is 5.69 Å². The fraction of sp³-hybridized carbons (Fsp3) is 0.308. The summed E-state index contributed by atoms with van der Waals surface area (Å²) in [6, 6.07) is 7.83. The van der Waals surface area contributed by atoms with E-state index >= 15 is 0 Å². The number of carbonyl (C=O) groups excluding carboxylic acids is 1. The van der Waals surface area contributed by atoms with Crippen molar-refractivity contribution in [2.75, 3.05) is 14.1 Å². The van der Waals surface area contributed by atoms with Gasteiger partial charge in [0.1, 0.15) is 0 Å². The zero-order valence-corrected chi connectivity index (χ0v) is 11.0. The topological polar surface area (TPSA) is 51.0 Å². The maximum atomic E-state index is 11.9. The highest BCUT2D eigenvalue weighted by atomic mass is 16.2. The maximum absolute atomic E-state index is 11.9. The van der Waals surface area contributed by atoms with E-state index in [1.807, 2.05) is 31.2 Å². The average molecular weight is 244 g/mol. The van der Waals surface area contributed by atoms with Crippen LogP contribution >= 0.6 is 0 Å². The van der Waals surface area contributed by atoms with Crippen LogP contribution in [0.1, 0.15) is 21.7 Å². The lowest BCUT2D eigenvalue weighted by atomic mass is 10.2. The number of hydrogen-bond donors (Lipinski definition) is 0. The molecule has 0 saturated carbocycles. The largest absolute Gasteiger partial charge is 0.343 e. The van der Waals surface area contributed by atoms with Gasteiger partial charge < -0.3 is 4.90 Å². The molecule has 0 unspecified atom stereocenters. The molecule has 1 heterocycles. The molecule has 0 fully saturated rings. The minimum absolute atomic E-state index is 0.133. The van der Waals surface area contributed by atoms with Crippen LogP contribution in [0.25, 0.3) is 5.69 Å². The summed E-state index contributed by atoms with van der Waals surface area (Å²) in [4.78, 5) is 14.9. The van der Waals surface area contributed by atoms with E-state index in [-0.39, 0.29) is 5.91 Å². The molecule has 94 valence electrons. The first-order valence-electron chi connectivity index (χ1n) is 5.71. The quantitative estimate of drug-likeness (QED) is 0.806. The molecule has 2 aromatic rings.